The average Bonchev–Trinajstić information content (AvgIpc) is 2.86. The fourth-order valence-corrected chi connectivity index (χ4v) is 2.74. The smallest absolute Gasteiger partial charge is 0.263 e. The van der Waals surface area contributed by atoms with E-state index in [0.29, 0.717) is 21.2 Å². The van der Waals surface area contributed by atoms with Crippen LogP contribution >= 0.6 is 22.9 Å². The zero-order chi connectivity index (χ0) is 14.5. The molecule has 2 rings (SSSR count). The van der Waals surface area contributed by atoms with Gasteiger partial charge in [0.2, 0.25) is 0 Å². The van der Waals surface area contributed by atoms with Crippen LogP contribution in [-0.2, 0) is 4.79 Å². The lowest BCUT2D eigenvalue weighted by molar-refractivity contribution is -0.118. The first kappa shape index (κ1) is 14.8. The Hall–Kier alpha value is -1.63. The number of carbonyl (C=O) groups is 2. The van der Waals surface area contributed by atoms with Gasteiger partial charge in [0.15, 0.2) is 5.78 Å². The number of hydrogen-bond acceptors (Lipinski definition) is 5. The van der Waals surface area contributed by atoms with Crippen LogP contribution in [0.25, 0.3) is 0 Å². The number of rotatable bonds is 5. The van der Waals surface area contributed by atoms with E-state index in [2.05, 4.69) is 10.9 Å². The molecule has 2 N–H and O–H groups in total. The Kier molecular flexibility index (Phi) is 4.94. The van der Waals surface area contributed by atoms with Crippen LogP contribution in [0.3, 0.4) is 0 Å². The van der Waals surface area contributed by atoms with E-state index < -0.39 is 0 Å². The van der Waals surface area contributed by atoms with Crippen molar-refractivity contribution in [1.29, 1.82) is 0 Å². The van der Waals surface area contributed by atoms with E-state index in [0.717, 1.165) is 0 Å². The van der Waals surface area contributed by atoms with Gasteiger partial charge in [0.1, 0.15) is 0 Å². The Morgan fingerprint density at radius 1 is 1.45 bits per heavy atom. The van der Waals surface area contributed by atoms with E-state index in [1.807, 2.05) is 6.08 Å². The van der Waals surface area contributed by atoms with Crippen molar-refractivity contribution < 1.29 is 9.59 Å². The molecule has 0 aliphatic carbocycles. The quantitative estimate of drug-likeness (QED) is 0.644. The molecule has 1 aliphatic heterocycles. The second-order valence-electron chi connectivity index (χ2n) is 4.15. The van der Waals surface area contributed by atoms with Crippen molar-refractivity contribution in [2.24, 2.45) is 0 Å². The third-order valence-corrected chi connectivity index (χ3v) is 3.93. The molecule has 2 heterocycles. The van der Waals surface area contributed by atoms with Gasteiger partial charge in [0.25, 0.3) is 5.91 Å². The second-order valence-corrected chi connectivity index (χ2v) is 5.86. The molecule has 0 bridgehead atoms. The molecule has 1 aromatic heterocycles. The van der Waals surface area contributed by atoms with Gasteiger partial charge in [-0.05, 0) is 18.6 Å². The highest BCUT2D eigenvalue weighted by Crippen LogP contribution is 2.22. The Morgan fingerprint density at radius 3 is 2.90 bits per heavy atom. The van der Waals surface area contributed by atoms with E-state index in [4.69, 9.17) is 11.6 Å². The molecule has 0 saturated heterocycles. The number of nitrogens with zero attached hydrogens (tertiary/aromatic N) is 1. The van der Waals surface area contributed by atoms with E-state index in [1.165, 1.54) is 11.3 Å². The summed E-state index contributed by atoms with van der Waals surface area (Å²) < 4.78 is 0.590. The lowest BCUT2D eigenvalue weighted by Gasteiger charge is -2.20. The zero-order valence-corrected chi connectivity index (χ0v) is 12.4. The maximum absolute atomic E-state index is 12.1. The summed E-state index contributed by atoms with van der Waals surface area (Å²) >= 11 is 7.07. The minimum absolute atomic E-state index is 0.0296. The van der Waals surface area contributed by atoms with E-state index in [-0.39, 0.29) is 18.2 Å². The summed E-state index contributed by atoms with van der Waals surface area (Å²) in [7, 11) is 1.62. The fourth-order valence-electron chi connectivity index (χ4n) is 1.76. The van der Waals surface area contributed by atoms with Crippen molar-refractivity contribution in [2.75, 3.05) is 13.6 Å². The third kappa shape index (κ3) is 3.69. The number of hydrogen-bond donors (Lipinski definition) is 2. The Balaban J connectivity index is 2.02. The van der Waals surface area contributed by atoms with Crippen LogP contribution in [0.1, 0.15) is 16.1 Å². The van der Waals surface area contributed by atoms with Crippen LogP contribution in [0.15, 0.2) is 36.2 Å². The molecule has 0 radical (unpaired) electrons. The molecule has 1 aromatic rings. The highest BCUT2D eigenvalue weighted by molar-refractivity contribution is 7.18. The topological polar surface area (TPSA) is 61.4 Å². The molecule has 0 aromatic carbocycles. The largest absolute Gasteiger partial charge is 0.346 e. The van der Waals surface area contributed by atoms with Gasteiger partial charge in [-0.1, -0.05) is 17.7 Å². The Labute approximate surface area is 125 Å². The fraction of sp³-hybridized carbons (Fsp3) is 0.231. The molecule has 0 unspecified atom stereocenters. The van der Waals surface area contributed by atoms with Gasteiger partial charge in [-0.2, -0.15) is 0 Å². The monoisotopic (exact) mass is 311 g/mol. The van der Waals surface area contributed by atoms with E-state index >= 15 is 0 Å². The average molecular weight is 312 g/mol. The predicted octanol–water partition coefficient (Wildman–Crippen LogP) is 1.94. The normalized spacial score (nSPS) is 14.1. The summed E-state index contributed by atoms with van der Waals surface area (Å²) in [5.74, 6) is -0.230. The van der Waals surface area contributed by atoms with E-state index in [1.54, 1.807) is 36.5 Å². The highest BCUT2D eigenvalue weighted by atomic mass is 35.5. The van der Waals surface area contributed by atoms with Crippen LogP contribution in [0, 0.1) is 0 Å². The summed E-state index contributed by atoms with van der Waals surface area (Å²) in [6.07, 6.45) is 5.87. The number of Topliss-reactive ketones (excluding diaryl/α,β-unsaturated/α-hetero) is 1. The molecule has 1 amide bonds. The van der Waals surface area contributed by atoms with Crippen molar-refractivity contribution in [3.63, 3.8) is 0 Å². The van der Waals surface area contributed by atoms with Crippen LogP contribution < -0.4 is 10.9 Å². The standard InChI is InChI=1S/C13H14ClN3O2S/c1-15-16-13(19)9-3-2-6-17(7-9)8-10(18)11-4-5-12(14)20-11/h2,4-7,15H,3,8H2,1H3,(H,16,19). The van der Waals surface area contributed by atoms with Gasteiger partial charge in [0, 0.05) is 25.0 Å². The number of thiophene rings is 1. The molecule has 5 nitrogen and oxygen atoms in total. The number of nitrogens with one attached hydrogen (secondary N) is 2. The van der Waals surface area contributed by atoms with Crippen LogP contribution in [0.4, 0.5) is 0 Å². The maximum atomic E-state index is 12.1. The number of ketones is 1. The summed E-state index contributed by atoms with van der Waals surface area (Å²) in [6.45, 7) is 0.184. The van der Waals surface area contributed by atoms with Gasteiger partial charge < -0.3 is 4.90 Å². The summed E-state index contributed by atoms with van der Waals surface area (Å²) in [6, 6.07) is 3.41. The predicted molar refractivity (Wildman–Crippen MR) is 79.4 cm³/mol. The van der Waals surface area contributed by atoms with Crippen molar-refractivity contribution in [1.82, 2.24) is 15.8 Å². The van der Waals surface area contributed by atoms with Crippen LogP contribution in [0.2, 0.25) is 4.34 Å². The number of amides is 1. The summed E-state index contributed by atoms with van der Waals surface area (Å²) in [5, 5.41) is 0. The minimum atomic E-state index is -0.200. The van der Waals surface area contributed by atoms with Crippen molar-refractivity contribution >= 4 is 34.6 Å². The molecule has 0 saturated carbocycles. The molecule has 7 heteroatoms. The third-order valence-electron chi connectivity index (χ3n) is 2.66. The molecule has 106 valence electrons. The first-order valence-electron chi connectivity index (χ1n) is 5.99. The second kappa shape index (κ2) is 6.69. The lowest BCUT2D eigenvalue weighted by Crippen LogP contribution is -2.36. The maximum Gasteiger partial charge on any atom is 0.263 e. The zero-order valence-electron chi connectivity index (χ0n) is 10.9. The minimum Gasteiger partial charge on any atom is -0.346 e. The first-order valence-corrected chi connectivity index (χ1v) is 7.18. The Bertz CT molecular complexity index is 580. The Morgan fingerprint density at radius 2 is 2.25 bits per heavy atom. The molecule has 0 spiro atoms. The molecular weight excluding hydrogens is 298 g/mol. The van der Waals surface area contributed by atoms with Gasteiger partial charge in [-0.3, -0.25) is 15.0 Å². The first-order chi connectivity index (χ1) is 9.60. The summed E-state index contributed by atoms with van der Waals surface area (Å²) in [5.41, 5.74) is 5.69. The van der Waals surface area contributed by atoms with Gasteiger partial charge in [0.05, 0.1) is 15.8 Å². The highest BCUT2D eigenvalue weighted by Gasteiger charge is 2.16. The van der Waals surface area contributed by atoms with E-state index in [9.17, 15) is 9.59 Å². The number of halogens is 1. The van der Waals surface area contributed by atoms with Gasteiger partial charge in [-0.25, -0.2) is 5.43 Å². The summed E-state index contributed by atoms with van der Waals surface area (Å²) in [4.78, 5) is 26.1. The van der Waals surface area contributed by atoms with Crippen molar-refractivity contribution in [3.05, 3.63) is 45.4 Å². The van der Waals surface area contributed by atoms with Crippen LogP contribution in [0.5, 0.6) is 0 Å². The number of allylic oxidation sites excluding steroid dienone is 1. The molecule has 0 atom stereocenters. The van der Waals surface area contributed by atoms with Crippen molar-refractivity contribution in [3.8, 4) is 0 Å². The van der Waals surface area contributed by atoms with Crippen LogP contribution in [-0.4, -0.2) is 30.2 Å². The molecule has 0 fully saturated rings. The number of carbonyl (C=O) groups excluding carboxylic acids is 2. The SMILES string of the molecule is CNNC(=O)C1=CN(CC(=O)c2ccc(Cl)s2)C=CC1. The van der Waals surface area contributed by atoms with Gasteiger partial charge >= 0.3 is 0 Å². The molecular formula is C13H14ClN3O2S. The molecule has 1 aliphatic rings. The molecule has 20 heavy (non-hydrogen) atoms. The number of hydrazine groups is 1. The van der Waals surface area contributed by atoms with Crippen molar-refractivity contribution in [2.45, 2.75) is 6.42 Å². The lowest BCUT2D eigenvalue weighted by atomic mass is 10.1. The van der Waals surface area contributed by atoms with Gasteiger partial charge in [-0.15, -0.1) is 11.3 Å².